The highest BCUT2D eigenvalue weighted by atomic mass is 35.5. The second-order valence-corrected chi connectivity index (χ2v) is 4.49. The number of benzene rings is 1. The molecule has 0 unspecified atom stereocenters. The molecule has 1 aromatic heterocycles. The number of hydrogen-bond acceptors (Lipinski definition) is 5. The maximum atomic E-state index is 5.88. The average Bonchev–Trinajstić information content (AvgIpc) is 2.41. The van der Waals surface area contributed by atoms with Crippen molar-refractivity contribution in [2.24, 2.45) is 0 Å². The zero-order valence-electron chi connectivity index (χ0n) is 10.5. The van der Waals surface area contributed by atoms with Gasteiger partial charge in [-0.3, -0.25) is 0 Å². The smallest absolute Gasteiger partial charge is 0.258 e. The summed E-state index contributed by atoms with van der Waals surface area (Å²) in [6.07, 6.45) is 2.28. The first-order chi connectivity index (χ1) is 8.83. The summed E-state index contributed by atoms with van der Waals surface area (Å²) in [5, 5.41) is 3.30. The average molecular weight is 281 g/mol. The van der Waals surface area contributed by atoms with Crippen molar-refractivity contribution in [1.29, 1.82) is 0 Å². The van der Waals surface area contributed by atoms with Gasteiger partial charge in [-0.25, -0.2) is 9.97 Å². The van der Waals surface area contributed by atoms with Gasteiger partial charge in [-0.15, -0.1) is 12.4 Å². The first-order valence-electron chi connectivity index (χ1n) is 6.22. The van der Waals surface area contributed by atoms with Gasteiger partial charge in [0.2, 0.25) is 0 Å². The second kappa shape index (κ2) is 6.04. The zero-order chi connectivity index (χ0) is 12.4. The summed E-state index contributed by atoms with van der Waals surface area (Å²) in [6.45, 7) is 1.90. The van der Waals surface area contributed by atoms with Crippen molar-refractivity contribution in [3.63, 3.8) is 0 Å². The third-order valence-corrected chi connectivity index (χ3v) is 3.09. The van der Waals surface area contributed by atoms with Crippen LogP contribution in [-0.2, 0) is 0 Å². The summed E-state index contributed by atoms with van der Waals surface area (Å²) >= 11 is 0. The van der Waals surface area contributed by atoms with Crippen LogP contribution in [0.5, 0.6) is 5.88 Å². The molecule has 0 spiro atoms. The number of ether oxygens (including phenoxy) is 1. The fraction of sp³-hybridized carbons (Fsp3) is 0.385. The minimum atomic E-state index is 0. The predicted molar refractivity (Wildman–Crippen MR) is 77.7 cm³/mol. The largest absolute Gasteiger partial charge is 0.470 e. The number of hydrogen-bond donors (Lipinski definition) is 2. The lowest BCUT2D eigenvalue weighted by atomic mass is 10.1. The van der Waals surface area contributed by atoms with Crippen molar-refractivity contribution in [1.82, 2.24) is 15.3 Å². The third kappa shape index (κ3) is 3.05. The minimum Gasteiger partial charge on any atom is -0.470 e. The van der Waals surface area contributed by atoms with Gasteiger partial charge in [-0.2, -0.15) is 0 Å². The van der Waals surface area contributed by atoms with Crippen molar-refractivity contribution < 1.29 is 4.74 Å². The molecule has 102 valence electrons. The van der Waals surface area contributed by atoms with Gasteiger partial charge in [0.1, 0.15) is 6.10 Å². The molecule has 3 N–H and O–H groups in total. The Bertz CT molecular complexity index is 557. The van der Waals surface area contributed by atoms with Crippen LogP contribution in [0.25, 0.3) is 11.0 Å². The number of nitrogens with one attached hydrogen (secondary N) is 1. The van der Waals surface area contributed by atoms with E-state index < -0.39 is 0 Å². The monoisotopic (exact) mass is 280 g/mol. The van der Waals surface area contributed by atoms with E-state index in [1.54, 1.807) is 0 Å². The van der Waals surface area contributed by atoms with Gasteiger partial charge in [0.05, 0.1) is 11.0 Å². The van der Waals surface area contributed by atoms with E-state index >= 15 is 0 Å². The van der Waals surface area contributed by atoms with Crippen LogP contribution < -0.4 is 15.8 Å². The van der Waals surface area contributed by atoms with Crippen molar-refractivity contribution >= 4 is 29.3 Å². The summed E-state index contributed by atoms with van der Waals surface area (Å²) < 4.78 is 5.83. The lowest BCUT2D eigenvalue weighted by molar-refractivity contribution is 0.161. The number of nitrogens with two attached hydrogens (primary N) is 1. The molecule has 3 rings (SSSR count). The number of piperidine rings is 1. The van der Waals surface area contributed by atoms with Gasteiger partial charge in [-0.1, -0.05) is 12.1 Å². The highest BCUT2D eigenvalue weighted by molar-refractivity contribution is 5.85. The second-order valence-electron chi connectivity index (χ2n) is 4.49. The molecule has 1 aliphatic heterocycles. The van der Waals surface area contributed by atoms with Gasteiger partial charge >= 0.3 is 0 Å². The Labute approximate surface area is 118 Å². The first-order valence-corrected chi connectivity index (χ1v) is 6.22. The van der Waals surface area contributed by atoms with Crippen LogP contribution in [0.3, 0.4) is 0 Å². The van der Waals surface area contributed by atoms with Gasteiger partial charge in [-0.05, 0) is 31.5 Å². The van der Waals surface area contributed by atoms with E-state index in [1.807, 2.05) is 24.3 Å². The van der Waals surface area contributed by atoms with Gasteiger partial charge in [0.15, 0.2) is 5.82 Å². The third-order valence-electron chi connectivity index (χ3n) is 3.09. The maximum Gasteiger partial charge on any atom is 0.258 e. The highest BCUT2D eigenvalue weighted by Gasteiger charge is 2.17. The highest BCUT2D eigenvalue weighted by Crippen LogP contribution is 2.22. The molecule has 19 heavy (non-hydrogen) atoms. The van der Waals surface area contributed by atoms with Crippen LogP contribution in [-0.4, -0.2) is 29.2 Å². The SMILES string of the molecule is Cl.Nc1nc2ccccc2nc1O[C@@H]1CCCNC1. The number of anilines is 1. The molecule has 1 saturated heterocycles. The van der Waals surface area contributed by atoms with Crippen molar-refractivity contribution in [3.05, 3.63) is 24.3 Å². The topological polar surface area (TPSA) is 73.1 Å². The Balaban J connectivity index is 0.00000133. The van der Waals surface area contributed by atoms with E-state index in [0.717, 1.165) is 37.0 Å². The standard InChI is InChI=1S/C13H16N4O.ClH/c14-12-13(18-9-4-3-7-15-8-9)17-11-6-2-1-5-10(11)16-12;/h1-2,5-6,9,15H,3-4,7-8H2,(H2,14,16);1H/t9-;/m1./s1. The molecule has 0 aliphatic carbocycles. The fourth-order valence-corrected chi connectivity index (χ4v) is 2.16. The van der Waals surface area contributed by atoms with Crippen molar-refractivity contribution in [2.45, 2.75) is 18.9 Å². The van der Waals surface area contributed by atoms with E-state index in [1.165, 1.54) is 0 Å². The van der Waals surface area contributed by atoms with Crippen LogP contribution >= 0.6 is 12.4 Å². The summed E-state index contributed by atoms with van der Waals surface area (Å²) in [6, 6.07) is 7.65. The summed E-state index contributed by atoms with van der Waals surface area (Å²) in [5.74, 6) is 0.807. The zero-order valence-corrected chi connectivity index (χ0v) is 11.3. The van der Waals surface area contributed by atoms with Crippen LogP contribution in [0.2, 0.25) is 0 Å². The fourth-order valence-electron chi connectivity index (χ4n) is 2.16. The van der Waals surface area contributed by atoms with E-state index in [9.17, 15) is 0 Å². The number of fused-ring (bicyclic) bond motifs is 1. The van der Waals surface area contributed by atoms with Crippen LogP contribution in [0.1, 0.15) is 12.8 Å². The molecule has 1 aromatic carbocycles. The Kier molecular flexibility index (Phi) is 4.39. The molecule has 1 fully saturated rings. The number of aromatic nitrogens is 2. The van der Waals surface area contributed by atoms with E-state index in [-0.39, 0.29) is 18.5 Å². The molecule has 6 heteroatoms. The molecule has 2 heterocycles. The molecule has 0 radical (unpaired) electrons. The van der Waals surface area contributed by atoms with Gasteiger partial charge in [0, 0.05) is 6.54 Å². The number of nitrogen functional groups attached to an aromatic ring is 1. The minimum absolute atomic E-state index is 0. The Morgan fingerprint density at radius 1 is 1.21 bits per heavy atom. The molecular weight excluding hydrogens is 264 g/mol. The molecule has 1 aliphatic rings. The van der Waals surface area contributed by atoms with E-state index in [0.29, 0.717) is 11.7 Å². The molecule has 2 aromatic rings. The number of halogens is 1. The molecule has 5 nitrogen and oxygen atoms in total. The first kappa shape index (κ1) is 13.8. The molecular formula is C13H17ClN4O. The summed E-state index contributed by atoms with van der Waals surface area (Å²) in [5.41, 5.74) is 7.49. The summed E-state index contributed by atoms with van der Waals surface area (Å²) in [7, 11) is 0. The van der Waals surface area contributed by atoms with Gasteiger partial charge in [0.25, 0.3) is 5.88 Å². The predicted octanol–water partition coefficient (Wildman–Crippen LogP) is 1.76. The Morgan fingerprint density at radius 2 is 1.95 bits per heavy atom. The molecule has 0 amide bonds. The van der Waals surface area contributed by atoms with Crippen LogP contribution in [0, 0.1) is 0 Å². The Morgan fingerprint density at radius 3 is 2.63 bits per heavy atom. The normalized spacial score (nSPS) is 18.8. The number of rotatable bonds is 2. The van der Waals surface area contributed by atoms with Crippen molar-refractivity contribution in [3.8, 4) is 5.88 Å². The number of nitrogens with zero attached hydrogens (tertiary/aromatic N) is 2. The lowest BCUT2D eigenvalue weighted by Crippen LogP contribution is -2.37. The molecule has 1 atom stereocenters. The van der Waals surface area contributed by atoms with Crippen molar-refractivity contribution in [2.75, 3.05) is 18.8 Å². The number of para-hydroxylation sites is 2. The van der Waals surface area contributed by atoms with E-state index in [4.69, 9.17) is 10.5 Å². The van der Waals surface area contributed by atoms with Crippen LogP contribution in [0.15, 0.2) is 24.3 Å². The van der Waals surface area contributed by atoms with E-state index in [2.05, 4.69) is 15.3 Å². The molecule has 0 saturated carbocycles. The molecule has 0 bridgehead atoms. The van der Waals surface area contributed by atoms with Gasteiger partial charge < -0.3 is 15.8 Å². The summed E-state index contributed by atoms with van der Waals surface area (Å²) in [4.78, 5) is 8.74. The lowest BCUT2D eigenvalue weighted by Gasteiger charge is -2.23. The maximum absolute atomic E-state index is 5.88. The Hall–Kier alpha value is -1.59. The van der Waals surface area contributed by atoms with Crippen LogP contribution in [0.4, 0.5) is 5.82 Å². The quantitative estimate of drug-likeness (QED) is 0.877.